The van der Waals surface area contributed by atoms with Gasteiger partial charge in [-0.15, -0.1) is 0 Å². The quantitative estimate of drug-likeness (QED) is 0.776. The van der Waals surface area contributed by atoms with Crippen LogP contribution in [-0.4, -0.2) is 78.9 Å². The number of carboxylic acids is 1. The van der Waals surface area contributed by atoms with Gasteiger partial charge in [0.2, 0.25) is 5.91 Å². The molecular weight excluding hydrogens is 377 g/mol. The number of hydrogen-bond acceptors (Lipinski definition) is 4. The van der Waals surface area contributed by atoms with Crippen molar-refractivity contribution < 1.29 is 32.6 Å². The molecule has 0 unspecified atom stereocenters. The van der Waals surface area contributed by atoms with E-state index in [2.05, 4.69) is 9.80 Å². The van der Waals surface area contributed by atoms with Crippen molar-refractivity contribution in [2.45, 2.75) is 44.7 Å². The van der Waals surface area contributed by atoms with E-state index in [1.165, 1.54) is 38.6 Å². The molecule has 1 saturated carbocycles. The third kappa shape index (κ3) is 4.97. The van der Waals surface area contributed by atoms with Gasteiger partial charge in [0, 0.05) is 50.5 Å². The third-order valence-electron chi connectivity index (χ3n) is 6.54. The lowest BCUT2D eigenvalue weighted by atomic mass is 9.77. The van der Waals surface area contributed by atoms with Crippen LogP contribution in [0.25, 0.3) is 0 Å². The molecule has 0 aromatic heterocycles. The SMILES string of the molecule is O=C(C[C@]12COC[C@H]1CN(CC1CCC1)C2)N1CCCC1.O=C(O)C(F)(F)F. The molecule has 2 atom stereocenters. The molecule has 3 aliphatic heterocycles. The van der Waals surface area contributed by atoms with Gasteiger partial charge in [-0.3, -0.25) is 4.79 Å². The maximum Gasteiger partial charge on any atom is 0.490 e. The van der Waals surface area contributed by atoms with Gasteiger partial charge in [-0.1, -0.05) is 6.42 Å². The number of halogens is 3. The van der Waals surface area contributed by atoms with Crippen molar-refractivity contribution in [3.63, 3.8) is 0 Å². The van der Waals surface area contributed by atoms with E-state index in [1.807, 2.05) is 0 Å². The predicted molar refractivity (Wildman–Crippen MR) is 94.6 cm³/mol. The maximum atomic E-state index is 12.6. The Balaban J connectivity index is 0.000000279. The molecule has 1 aliphatic carbocycles. The van der Waals surface area contributed by atoms with Crippen molar-refractivity contribution >= 4 is 11.9 Å². The molecule has 1 amide bonds. The number of rotatable bonds is 4. The number of carbonyl (C=O) groups excluding carboxylic acids is 1. The molecule has 0 radical (unpaired) electrons. The van der Waals surface area contributed by atoms with Crippen LogP contribution in [0.4, 0.5) is 13.2 Å². The van der Waals surface area contributed by atoms with Crippen LogP contribution >= 0.6 is 0 Å². The molecule has 1 N–H and O–H groups in total. The maximum absolute atomic E-state index is 12.6. The molecule has 3 heterocycles. The number of amides is 1. The van der Waals surface area contributed by atoms with E-state index >= 15 is 0 Å². The molecule has 4 aliphatic rings. The van der Waals surface area contributed by atoms with Gasteiger partial charge in [0.1, 0.15) is 0 Å². The topological polar surface area (TPSA) is 70.1 Å². The Morgan fingerprint density at radius 2 is 1.79 bits per heavy atom. The van der Waals surface area contributed by atoms with E-state index in [0.29, 0.717) is 11.8 Å². The molecule has 3 saturated heterocycles. The Hall–Kier alpha value is -1.35. The summed E-state index contributed by atoms with van der Waals surface area (Å²) >= 11 is 0. The second kappa shape index (κ2) is 8.57. The highest BCUT2D eigenvalue weighted by Crippen LogP contribution is 2.45. The van der Waals surface area contributed by atoms with E-state index in [4.69, 9.17) is 14.6 Å². The molecule has 28 heavy (non-hydrogen) atoms. The fourth-order valence-electron chi connectivity index (χ4n) is 4.75. The van der Waals surface area contributed by atoms with Gasteiger partial charge >= 0.3 is 12.1 Å². The molecule has 9 heteroatoms. The van der Waals surface area contributed by atoms with E-state index in [9.17, 15) is 18.0 Å². The van der Waals surface area contributed by atoms with Crippen LogP contribution in [0.15, 0.2) is 0 Å². The van der Waals surface area contributed by atoms with Crippen molar-refractivity contribution in [1.82, 2.24) is 9.80 Å². The van der Waals surface area contributed by atoms with Gasteiger partial charge < -0.3 is 19.6 Å². The fourth-order valence-corrected chi connectivity index (χ4v) is 4.75. The van der Waals surface area contributed by atoms with E-state index in [0.717, 1.165) is 51.7 Å². The molecular formula is C19H29F3N2O4. The normalized spacial score (nSPS) is 30.5. The minimum absolute atomic E-state index is 0.128. The molecule has 0 spiro atoms. The van der Waals surface area contributed by atoms with Crippen LogP contribution < -0.4 is 0 Å². The van der Waals surface area contributed by atoms with Crippen LogP contribution in [0.1, 0.15) is 38.5 Å². The lowest BCUT2D eigenvalue weighted by Gasteiger charge is -2.32. The van der Waals surface area contributed by atoms with E-state index < -0.39 is 12.1 Å². The van der Waals surface area contributed by atoms with Crippen LogP contribution in [-0.2, 0) is 14.3 Å². The molecule has 4 rings (SSSR count). The zero-order valence-electron chi connectivity index (χ0n) is 16.0. The fraction of sp³-hybridized carbons (Fsp3) is 0.895. The van der Waals surface area contributed by atoms with Crippen LogP contribution in [0.5, 0.6) is 0 Å². The Morgan fingerprint density at radius 1 is 1.14 bits per heavy atom. The standard InChI is InChI=1S/C17H28N2O2.C2HF3O2/c20-16(19-6-1-2-7-19)8-17-12-18(9-14-4-3-5-14)10-15(17)11-21-13-17;3-2(4,5)1(6)7/h14-15H,1-13H2;(H,6,7)/t15-,17+;/m1./s1. The summed E-state index contributed by atoms with van der Waals surface area (Å²) in [5.41, 5.74) is 0.128. The molecule has 6 nitrogen and oxygen atoms in total. The minimum atomic E-state index is -5.08. The Bertz CT molecular complexity index is 576. The highest BCUT2D eigenvalue weighted by Gasteiger charge is 2.52. The zero-order valence-corrected chi connectivity index (χ0v) is 16.0. The third-order valence-corrected chi connectivity index (χ3v) is 6.54. The molecule has 4 fully saturated rings. The number of ether oxygens (including phenoxy) is 1. The van der Waals surface area contributed by atoms with Gasteiger partial charge in [-0.05, 0) is 31.6 Å². The van der Waals surface area contributed by atoms with Crippen molar-refractivity contribution in [3.05, 3.63) is 0 Å². The average Bonchev–Trinajstić information content (AvgIpc) is 3.26. The summed E-state index contributed by atoms with van der Waals surface area (Å²) in [4.78, 5) is 26.2. The number of nitrogens with zero attached hydrogens (tertiary/aromatic N) is 2. The Labute approximate surface area is 163 Å². The molecule has 0 aromatic rings. The second-order valence-corrected chi connectivity index (χ2v) is 8.63. The highest BCUT2D eigenvalue weighted by atomic mass is 19.4. The Kier molecular flexibility index (Phi) is 6.54. The monoisotopic (exact) mass is 406 g/mol. The minimum Gasteiger partial charge on any atom is -0.475 e. The second-order valence-electron chi connectivity index (χ2n) is 8.63. The summed E-state index contributed by atoms with van der Waals surface area (Å²) in [5.74, 6) is -0.860. The smallest absolute Gasteiger partial charge is 0.475 e. The first kappa shape index (κ1) is 21.4. The summed E-state index contributed by atoms with van der Waals surface area (Å²) in [6.45, 7) is 7.14. The van der Waals surface area contributed by atoms with Gasteiger partial charge in [-0.2, -0.15) is 13.2 Å². The van der Waals surface area contributed by atoms with Crippen molar-refractivity contribution in [3.8, 4) is 0 Å². The van der Waals surface area contributed by atoms with Gasteiger partial charge in [-0.25, -0.2) is 4.79 Å². The van der Waals surface area contributed by atoms with Gasteiger partial charge in [0.05, 0.1) is 13.2 Å². The largest absolute Gasteiger partial charge is 0.490 e. The molecule has 0 bridgehead atoms. The lowest BCUT2D eigenvalue weighted by Crippen LogP contribution is -2.39. The lowest BCUT2D eigenvalue weighted by molar-refractivity contribution is -0.192. The first-order chi connectivity index (χ1) is 13.2. The summed E-state index contributed by atoms with van der Waals surface area (Å²) in [7, 11) is 0. The highest BCUT2D eigenvalue weighted by molar-refractivity contribution is 5.77. The summed E-state index contributed by atoms with van der Waals surface area (Å²) in [5, 5.41) is 7.12. The number of carboxylic acid groups (broad SMARTS) is 1. The molecule has 0 aromatic carbocycles. The van der Waals surface area contributed by atoms with Gasteiger partial charge in [0.25, 0.3) is 0 Å². The van der Waals surface area contributed by atoms with Crippen molar-refractivity contribution in [2.24, 2.45) is 17.3 Å². The van der Waals surface area contributed by atoms with E-state index in [1.54, 1.807) is 0 Å². The van der Waals surface area contributed by atoms with Crippen LogP contribution in [0.2, 0.25) is 0 Å². The first-order valence-corrected chi connectivity index (χ1v) is 10.1. The number of alkyl halides is 3. The van der Waals surface area contributed by atoms with Crippen molar-refractivity contribution in [2.75, 3.05) is 45.9 Å². The number of aliphatic carboxylic acids is 1. The number of fused-ring (bicyclic) bond motifs is 1. The Morgan fingerprint density at radius 3 is 2.32 bits per heavy atom. The summed E-state index contributed by atoms with van der Waals surface area (Å²) in [6, 6.07) is 0. The summed E-state index contributed by atoms with van der Waals surface area (Å²) in [6.07, 6.45) is 2.26. The van der Waals surface area contributed by atoms with Crippen LogP contribution in [0.3, 0.4) is 0 Å². The average molecular weight is 406 g/mol. The first-order valence-electron chi connectivity index (χ1n) is 10.1. The van der Waals surface area contributed by atoms with Crippen molar-refractivity contribution in [1.29, 1.82) is 0 Å². The predicted octanol–water partition coefficient (Wildman–Crippen LogP) is 2.38. The number of carbonyl (C=O) groups is 2. The number of hydrogen-bond donors (Lipinski definition) is 1. The van der Waals surface area contributed by atoms with Gasteiger partial charge in [0.15, 0.2) is 0 Å². The zero-order chi connectivity index (χ0) is 20.4. The molecule has 160 valence electrons. The summed E-state index contributed by atoms with van der Waals surface area (Å²) < 4.78 is 37.5. The van der Waals surface area contributed by atoms with Crippen LogP contribution in [0, 0.1) is 17.3 Å². The number of likely N-dealkylation sites (tertiary alicyclic amines) is 2. The van der Waals surface area contributed by atoms with E-state index in [-0.39, 0.29) is 5.41 Å².